The van der Waals surface area contributed by atoms with Gasteiger partial charge < -0.3 is 33.2 Å². The van der Waals surface area contributed by atoms with Crippen molar-refractivity contribution in [2.24, 2.45) is 0 Å². The fraction of sp³-hybridized carbons (Fsp3) is 1.00. The Morgan fingerprint density at radius 3 is 2.30 bits per heavy atom. The van der Waals surface area contributed by atoms with E-state index in [9.17, 15) is 0 Å². The summed E-state index contributed by atoms with van der Waals surface area (Å²) >= 11 is 0. The molecule has 0 bridgehead atoms. The quantitative estimate of drug-likeness (QED) is 0.641. The van der Waals surface area contributed by atoms with Gasteiger partial charge in [-0.25, -0.2) is 0 Å². The minimum absolute atomic E-state index is 0.0713. The van der Waals surface area contributed by atoms with Crippen LogP contribution in [0.5, 0.6) is 0 Å². The number of methoxy groups -OCH3 is 2. The van der Waals surface area contributed by atoms with Crippen molar-refractivity contribution in [3.8, 4) is 0 Å². The second-order valence-electron chi connectivity index (χ2n) is 6.90. The number of ether oxygens (including phenoxy) is 7. The van der Waals surface area contributed by atoms with Gasteiger partial charge in [0.25, 0.3) is 0 Å². The lowest BCUT2D eigenvalue weighted by molar-refractivity contribution is -0.257. The van der Waals surface area contributed by atoms with E-state index in [2.05, 4.69) is 4.90 Å². The van der Waals surface area contributed by atoms with Crippen molar-refractivity contribution in [1.29, 1.82) is 0 Å². The van der Waals surface area contributed by atoms with Gasteiger partial charge in [-0.3, -0.25) is 4.90 Å². The second kappa shape index (κ2) is 13.8. The average molecular weight is 392 g/mol. The largest absolute Gasteiger partial charge is 0.385 e. The van der Waals surface area contributed by atoms with Gasteiger partial charge in [0.1, 0.15) is 6.10 Å². The first-order valence-corrected chi connectivity index (χ1v) is 10.0. The van der Waals surface area contributed by atoms with Crippen LogP contribution in [-0.2, 0) is 33.2 Å². The molecule has 0 saturated carbocycles. The summed E-state index contributed by atoms with van der Waals surface area (Å²) in [4.78, 5) is 2.35. The second-order valence-corrected chi connectivity index (χ2v) is 6.90. The van der Waals surface area contributed by atoms with Crippen LogP contribution >= 0.6 is 0 Å². The van der Waals surface area contributed by atoms with E-state index in [1.165, 1.54) is 0 Å². The molecule has 8 heteroatoms. The molecule has 0 spiro atoms. The molecule has 2 aliphatic heterocycles. The monoisotopic (exact) mass is 391 g/mol. The van der Waals surface area contributed by atoms with Gasteiger partial charge in [-0.2, -0.15) is 0 Å². The maximum atomic E-state index is 6.05. The fourth-order valence-corrected chi connectivity index (χ4v) is 3.42. The summed E-state index contributed by atoms with van der Waals surface area (Å²) < 4.78 is 39.9. The van der Waals surface area contributed by atoms with Crippen LogP contribution in [0.15, 0.2) is 0 Å². The maximum Gasteiger partial charge on any atom is 0.160 e. The van der Waals surface area contributed by atoms with Gasteiger partial charge in [-0.1, -0.05) is 0 Å². The van der Waals surface area contributed by atoms with Crippen molar-refractivity contribution in [3.63, 3.8) is 0 Å². The van der Waals surface area contributed by atoms with E-state index in [1.807, 2.05) is 6.92 Å². The molecule has 0 aromatic carbocycles. The van der Waals surface area contributed by atoms with Crippen LogP contribution in [0.25, 0.3) is 0 Å². The first-order valence-electron chi connectivity index (χ1n) is 10.0. The molecular weight excluding hydrogens is 354 g/mol. The zero-order chi connectivity index (χ0) is 19.3. The predicted octanol–water partition coefficient (Wildman–Crippen LogP) is 0.923. The average Bonchev–Trinajstić information content (AvgIpc) is 2.67. The molecule has 0 aliphatic carbocycles. The molecule has 8 nitrogen and oxygen atoms in total. The Morgan fingerprint density at radius 1 is 0.926 bits per heavy atom. The number of hydrogen-bond donors (Lipinski definition) is 0. The molecular formula is C19H37NO7. The summed E-state index contributed by atoms with van der Waals surface area (Å²) in [6.45, 7) is 9.05. The highest BCUT2D eigenvalue weighted by molar-refractivity contribution is 4.83. The molecule has 2 rings (SSSR count). The standard InChI is InChI=1S/C19H37NO7/c1-16-19-17(15-18(22-3)27-16)25-13-11-23-9-6-20(5-4-8-21-2)7-10-24-12-14-26-19/h16-19H,4-15H2,1-3H3. The van der Waals surface area contributed by atoms with E-state index in [4.69, 9.17) is 33.2 Å². The Hall–Kier alpha value is -0.320. The van der Waals surface area contributed by atoms with Gasteiger partial charge in [-0.15, -0.1) is 0 Å². The normalized spacial score (nSPS) is 33.0. The molecule has 4 atom stereocenters. The summed E-state index contributed by atoms with van der Waals surface area (Å²) in [7, 11) is 3.39. The summed E-state index contributed by atoms with van der Waals surface area (Å²) in [5.41, 5.74) is 0. The third-order valence-electron chi connectivity index (χ3n) is 4.91. The minimum Gasteiger partial charge on any atom is -0.385 e. The molecule has 0 amide bonds. The molecule has 0 N–H and O–H groups in total. The molecule has 27 heavy (non-hydrogen) atoms. The van der Waals surface area contributed by atoms with Crippen molar-refractivity contribution >= 4 is 0 Å². The lowest BCUT2D eigenvalue weighted by atomic mass is 10.0. The fourth-order valence-electron chi connectivity index (χ4n) is 3.42. The molecule has 2 heterocycles. The molecule has 0 aromatic rings. The summed E-state index contributed by atoms with van der Waals surface area (Å²) in [6.07, 6.45) is 1.10. The lowest BCUT2D eigenvalue weighted by Gasteiger charge is -2.39. The number of fused-ring (bicyclic) bond motifs is 1. The van der Waals surface area contributed by atoms with Gasteiger partial charge in [0, 0.05) is 46.9 Å². The zero-order valence-electron chi connectivity index (χ0n) is 17.1. The minimum atomic E-state index is -0.259. The van der Waals surface area contributed by atoms with Crippen molar-refractivity contribution in [2.45, 2.75) is 44.4 Å². The van der Waals surface area contributed by atoms with Gasteiger partial charge >= 0.3 is 0 Å². The van der Waals surface area contributed by atoms with Crippen LogP contribution in [0.3, 0.4) is 0 Å². The molecule has 2 aliphatic rings. The van der Waals surface area contributed by atoms with Crippen LogP contribution in [0.4, 0.5) is 0 Å². The summed E-state index contributed by atoms with van der Waals surface area (Å²) in [5, 5.41) is 0. The van der Waals surface area contributed by atoms with Gasteiger partial charge in [-0.05, 0) is 13.3 Å². The number of hydrogen-bond acceptors (Lipinski definition) is 8. The zero-order valence-corrected chi connectivity index (χ0v) is 17.1. The van der Waals surface area contributed by atoms with E-state index < -0.39 is 0 Å². The molecule has 4 unspecified atom stereocenters. The van der Waals surface area contributed by atoms with Crippen molar-refractivity contribution < 1.29 is 33.2 Å². The Balaban J connectivity index is 1.83. The van der Waals surface area contributed by atoms with Crippen LogP contribution in [0, 0.1) is 0 Å². The van der Waals surface area contributed by atoms with Crippen LogP contribution in [-0.4, -0.2) is 110 Å². The van der Waals surface area contributed by atoms with Gasteiger partial charge in [0.2, 0.25) is 0 Å². The van der Waals surface area contributed by atoms with Gasteiger partial charge in [0.15, 0.2) is 6.29 Å². The van der Waals surface area contributed by atoms with E-state index >= 15 is 0 Å². The first kappa shape index (κ1) is 23.0. The summed E-state index contributed by atoms with van der Waals surface area (Å²) in [5.74, 6) is 0. The predicted molar refractivity (Wildman–Crippen MR) is 100 cm³/mol. The van der Waals surface area contributed by atoms with Crippen molar-refractivity contribution in [1.82, 2.24) is 4.90 Å². The first-order chi connectivity index (χ1) is 13.2. The lowest BCUT2D eigenvalue weighted by Crippen LogP contribution is -2.50. The maximum absolute atomic E-state index is 6.05. The highest BCUT2D eigenvalue weighted by atomic mass is 16.7. The highest BCUT2D eigenvalue weighted by Gasteiger charge is 2.38. The Morgan fingerprint density at radius 2 is 1.63 bits per heavy atom. The topological polar surface area (TPSA) is 67.9 Å². The SMILES string of the molecule is COCCCN1CCOCCOC2CC(OC)OC(C)C2OCCOCC1. The van der Waals surface area contributed by atoms with Gasteiger partial charge in [0.05, 0.1) is 51.8 Å². The van der Waals surface area contributed by atoms with Crippen LogP contribution in [0.1, 0.15) is 19.8 Å². The smallest absolute Gasteiger partial charge is 0.160 e. The Kier molecular flexibility index (Phi) is 11.7. The summed E-state index contributed by atoms with van der Waals surface area (Å²) in [6, 6.07) is 0. The molecule has 0 aromatic heterocycles. The third kappa shape index (κ3) is 8.70. The Labute approximate surface area is 163 Å². The molecule has 2 fully saturated rings. The van der Waals surface area contributed by atoms with E-state index in [0.29, 0.717) is 46.1 Å². The van der Waals surface area contributed by atoms with Crippen molar-refractivity contribution in [3.05, 3.63) is 0 Å². The molecule has 160 valence electrons. The Bertz CT molecular complexity index is 374. The number of nitrogens with zero attached hydrogens (tertiary/aromatic N) is 1. The third-order valence-corrected chi connectivity index (χ3v) is 4.91. The van der Waals surface area contributed by atoms with Crippen LogP contribution < -0.4 is 0 Å². The molecule has 0 radical (unpaired) electrons. The number of rotatable bonds is 5. The van der Waals surface area contributed by atoms with E-state index in [0.717, 1.165) is 32.7 Å². The molecule has 2 saturated heterocycles. The van der Waals surface area contributed by atoms with Crippen LogP contribution in [0.2, 0.25) is 0 Å². The highest BCUT2D eigenvalue weighted by Crippen LogP contribution is 2.25. The van der Waals surface area contributed by atoms with Crippen molar-refractivity contribution in [2.75, 3.05) is 80.1 Å². The van der Waals surface area contributed by atoms with E-state index in [-0.39, 0.29) is 24.6 Å². The van der Waals surface area contributed by atoms with E-state index in [1.54, 1.807) is 14.2 Å².